The van der Waals surface area contributed by atoms with Crippen LogP contribution in [0.5, 0.6) is 0 Å². The van der Waals surface area contributed by atoms with Gasteiger partial charge in [0.1, 0.15) is 10.1 Å². The first-order valence-electron chi connectivity index (χ1n) is 9.98. The van der Waals surface area contributed by atoms with E-state index in [1.165, 1.54) is 31.7 Å². The number of aryl methyl sites for hydroxylation is 2. The van der Waals surface area contributed by atoms with E-state index < -0.39 is 10.1 Å². The van der Waals surface area contributed by atoms with E-state index in [0.717, 1.165) is 55.0 Å². The van der Waals surface area contributed by atoms with Crippen LogP contribution in [0.4, 0.5) is 0 Å². The fourth-order valence-electron chi connectivity index (χ4n) is 3.63. The van der Waals surface area contributed by atoms with Gasteiger partial charge in [-0.2, -0.15) is 0 Å². The van der Waals surface area contributed by atoms with Crippen molar-refractivity contribution in [2.24, 2.45) is 0 Å². The minimum atomic E-state index is -4.48. The molecule has 0 saturated carbocycles. The molecule has 0 N–H and O–H groups in total. The number of rotatable bonds is 11. The molecule has 0 bridgehead atoms. The van der Waals surface area contributed by atoms with E-state index in [0.29, 0.717) is 5.39 Å². The molecule has 0 saturated heterocycles. The van der Waals surface area contributed by atoms with Crippen molar-refractivity contribution in [1.82, 2.24) is 0 Å². The Morgan fingerprint density at radius 2 is 1.37 bits per heavy atom. The van der Waals surface area contributed by atoms with Gasteiger partial charge >= 0.3 is 29.6 Å². The summed E-state index contributed by atoms with van der Waals surface area (Å²) in [6.07, 6.45) is 10.9. The summed E-state index contributed by atoms with van der Waals surface area (Å²) in [5, 5.41) is 1.60. The molecule has 2 rings (SSSR count). The summed E-state index contributed by atoms with van der Waals surface area (Å²) < 4.78 is 35.5. The summed E-state index contributed by atoms with van der Waals surface area (Å²) in [5.74, 6) is 0. The van der Waals surface area contributed by atoms with Gasteiger partial charge in [0.15, 0.2) is 0 Å². The molecule has 0 aliphatic rings. The number of fused-ring (bicyclic) bond motifs is 1. The Bertz CT molecular complexity index is 816. The zero-order chi connectivity index (χ0) is 19.0. The van der Waals surface area contributed by atoms with E-state index in [1.807, 2.05) is 24.3 Å². The fourth-order valence-corrected chi connectivity index (χ4v) is 4.35. The van der Waals surface area contributed by atoms with Gasteiger partial charge in [-0.1, -0.05) is 76.6 Å². The van der Waals surface area contributed by atoms with E-state index in [2.05, 4.69) is 13.8 Å². The van der Waals surface area contributed by atoms with Gasteiger partial charge in [0.2, 0.25) is 0 Å². The van der Waals surface area contributed by atoms with Crippen molar-refractivity contribution < 1.29 is 42.5 Å². The molecule has 144 valence electrons. The monoisotopic (exact) mass is 398 g/mol. The molecule has 0 aliphatic heterocycles. The quantitative estimate of drug-likeness (QED) is 0.332. The summed E-state index contributed by atoms with van der Waals surface area (Å²) in [6.45, 7) is 4.36. The maximum Gasteiger partial charge on any atom is 1.00 e. The van der Waals surface area contributed by atoms with Gasteiger partial charge in [0.25, 0.3) is 0 Å². The van der Waals surface area contributed by atoms with Crippen molar-refractivity contribution >= 4 is 20.9 Å². The average molecular weight is 399 g/mol. The van der Waals surface area contributed by atoms with Crippen LogP contribution in [0.2, 0.25) is 0 Å². The van der Waals surface area contributed by atoms with Crippen LogP contribution in [0.3, 0.4) is 0 Å². The summed E-state index contributed by atoms with van der Waals surface area (Å²) in [5.41, 5.74) is 2.14. The van der Waals surface area contributed by atoms with Gasteiger partial charge in [-0.05, 0) is 48.3 Å². The summed E-state index contributed by atoms with van der Waals surface area (Å²) in [4.78, 5) is -0.0594. The Kier molecular flexibility index (Phi) is 11.2. The normalized spacial score (nSPS) is 11.5. The maximum atomic E-state index is 11.8. The van der Waals surface area contributed by atoms with Gasteiger partial charge < -0.3 is 4.55 Å². The van der Waals surface area contributed by atoms with Crippen LogP contribution in [0.1, 0.15) is 76.3 Å². The molecular weight excluding hydrogens is 367 g/mol. The second-order valence-corrected chi connectivity index (χ2v) is 8.49. The number of hydrogen-bond donors (Lipinski definition) is 0. The van der Waals surface area contributed by atoms with Crippen LogP contribution in [0.25, 0.3) is 10.8 Å². The molecular formula is C22H31NaO3S. The van der Waals surface area contributed by atoms with Crippen molar-refractivity contribution in [2.75, 3.05) is 0 Å². The molecule has 0 aromatic heterocycles. The van der Waals surface area contributed by atoms with Gasteiger partial charge in [0.05, 0.1) is 4.90 Å². The Labute approximate surface area is 187 Å². The summed E-state index contributed by atoms with van der Waals surface area (Å²) in [6, 6.07) is 9.29. The maximum absolute atomic E-state index is 11.8. The molecule has 0 aliphatic carbocycles. The molecule has 0 heterocycles. The SMILES string of the molecule is CCCCCCc1ccc(S(=O)(=O)[O-])c2c(CCCCCC)cccc12.[Na+]. The first-order chi connectivity index (χ1) is 12.5. The molecule has 5 heteroatoms. The molecule has 0 radical (unpaired) electrons. The largest absolute Gasteiger partial charge is 1.00 e. The van der Waals surface area contributed by atoms with Gasteiger partial charge in [-0.25, -0.2) is 8.42 Å². The van der Waals surface area contributed by atoms with Crippen molar-refractivity contribution in [3.05, 3.63) is 41.5 Å². The third-order valence-electron chi connectivity index (χ3n) is 5.05. The third kappa shape index (κ3) is 7.17. The minimum absolute atomic E-state index is 0. The molecule has 0 unspecified atom stereocenters. The first kappa shape index (κ1) is 24.6. The van der Waals surface area contributed by atoms with Crippen LogP contribution in [-0.2, 0) is 23.0 Å². The van der Waals surface area contributed by atoms with Crippen LogP contribution >= 0.6 is 0 Å². The second-order valence-electron chi connectivity index (χ2n) is 7.14. The van der Waals surface area contributed by atoms with Crippen molar-refractivity contribution in [2.45, 2.75) is 83.0 Å². The average Bonchev–Trinajstić information content (AvgIpc) is 2.61. The second kappa shape index (κ2) is 12.2. The Morgan fingerprint density at radius 1 is 0.778 bits per heavy atom. The van der Waals surface area contributed by atoms with Gasteiger partial charge in [-0.3, -0.25) is 0 Å². The standard InChI is InChI=1S/C22H32O3S.Na/c1-3-5-7-9-12-18-16-17-21(26(23,24)25)22-19(13-10-8-6-4-2)14-11-15-20(18)22;/h11,14-17H,3-10,12-13H2,1-2H3,(H,23,24,25);/q;+1/p-1. The Morgan fingerprint density at radius 3 is 1.93 bits per heavy atom. The summed E-state index contributed by atoms with van der Waals surface area (Å²) in [7, 11) is -4.48. The molecule has 0 spiro atoms. The van der Waals surface area contributed by atoms with E-state index in [1.54, 1.807) is 0 Å². The van der Waals surface area contributed by atoms with E-state index in [4.69, 9.17) is 0 Å². The number of unbranched alkanes of at least 4 members (excludes halogenated alkanes) is 6. The van der Waals surface area contributed by atoms with Crippen LogP contribution in [-0.4, -0.2) is 13.0 Å². The topological polar surface area (TPSA) is 57.2 Å². The van der Waals surface area contributed by atoms with Gasteiger partial charge in [-0.15, -0.1) is 0 Å². The smallest absolute Gasteiger partial charge is 0.744 e. The van der Waals surface area contributed by atoms with Crippen molar-refractivity contribution in [1.29, 1.82) is 0 Å². The third-order valence-corrected chi connectivity index (χ3v) is 5.93. The van der Waals surface area contributed by atoms with Crippen LogP contribution in [0.15, 0.2) is 35.2 Å². The molecule has 0 fully saturated rings. The zero-order valence-electron chi connectivity index (χ0n) is 17.1. The predicted molar refractivity (Wildman–Crippen MR) is 108 cm³/mol. The Balaban J connectivity index is 0.00000364. The van der Waals surface area contributed by atoms with Gasteiger partial charge in [0, 0.05) is 5.39 Å². The number of benzene rings is 2. The summed E-state index contributed by atoms with van der Waals surface area (Å²) >= 11 is 0. The van der Waals surface area contributed by atoms with Crippen LogP contribution < -0.4 is 29.6 Å². The Hall–Kier alpha value is -0.390. The fraction of sp³-hybridized carbons (Fsp3) is 0.545. The first-order valence-corrected chi connectivity index (χ1v) is 11.4. The minimum Gasteiger partial charge on any atom is -0.744 e. The zero-order valence-corrected chi connectivity index (χ0v) is 19.9. The van der Waals surface area contributed by atoms with E-state index in [9.17, 15) is 13.0 Å². The number of hydrogen-bond acceptors (Lipinski definition) is 3. The van der Waals surface area contributed by atoms with Crippen LogP contribution in [0, 0.1) is 0 Å². The van der Waals surface area contributed by atoms with E-state index >= 15 is 0 Å². The molecule has 27 heavy (non-hydrogen) atoms. The predicted octanol–water partition coefficient (Wildman–Crippen LogP) is 2.99. The molecule has 0 atom stereocenters. The molecule has 2 aromatic rings. The van der Waals surface area contributed by atoms with Crippen molar-refractivity contribution in [3.63, 3.8) is 0 Å². The molecule has 2 aromatic carbocycles. The van der Waals surface area contributed by atoms with Crippen molar-refractivity contribution in [3.8, 4) is 0 Å². The molecule has 3 nitrogen and oxygen atoms in total. The molecule has 0 amide bonds. The van der Waals surface area contributed by atoms with E-state index in [-0.39, 0.29) is 34.5 Å².